The second kappa shape index (κ2) is 14.5. The van der Waals surface area contributed by atoms with Gasteiger partial charge < -0.3 is 10.2 Å². The number of thiophene rings is 2. The van der Waals surface area contributed by atoms with Crippen molar-refractivity contribution >= 4 is 70.0 Å². The number of carboxylic acid groups (broad SMARTS) is 2. The molecule has 37 heavy (non-hydrogen) atoms. The summed E-state index contributed by atoms with van der Waals surface area (Å²) >= 11 is 2.64. The van der Waals surface area contributed by atoms with E-state index in [4.69, 9.17) is 10.2 Å². The Morgan fingerprint density at radius 2 is 0.973 bits per heavy atom. The minimum atomic E-state index is -1.06. The molecular formula is C26H18CuN2O6S2. The van der Waals surface area contributed by atoms with Gasteiger partial charge in [-0.25, -0.2) is 9.59 Å². The fraction of sp³-hybridized carbons (Fsp3) is 0. The summed E-state index contributed by atoms with van der Waals surface area (Å²) in [5.74, 6) is -2.59. The zero-order valence-electron chi connectivity index (χ0n) is 18.8. The zero-order chi connectivity index (χ0) is 25.9. The molecule has 8 nitrogen and oxygen atoms in total. The van der Waals surface area contributed by atoms with Gasteiger partial charge in [0, 0.05) is 17.1 Å². The average molecular weight is 582 g/mol. The van der Waals surface area contributed by atoms with Crippen molar-refractivity contribution in [1.82, 2.24) is 0 Å². The molecule has 0 aliphatic rings. The Bertz CT molecular complexity index is 1320. The number of rotatable bonds is 8. The molecule has 0 atom stereocenters. The number of carbonyl (C=O) groups is 4. The Balaban J connectivity index is 0.000000253. The molecule has 4 rings (SSSR count). The molecule has 0 saturated heterocycles. The number of benzene rings is 2. The van der Waals surface area contributed by atoms with Crippen molar-refractivity contribution in [2.45, 2.75) is 0 Å². The van der Waals surface area contributed by atoms with Crippen LogP contribution in [-0.2, 0) is 17.1 Å². The van der Waals surface area contributed by atoms with E-state index in [0.29, 0.717) is 9.75 Å². The number of aromatic carboxylic acids is 2. The second-order valence-electron chi connectivity index (χ2n) is 6.84. The van der Waals surface area contributed by atoms with Gasteiger partial charge in [0.25, 0.3) is 0 Å². The molecule has 0 saturated carbocycles. The van der Waals surface area contributed by atoms with Crippen LogP contribution in [0, 0.1) is 0 Å². The SMILES string of the molecule is O=C(C=Nc1ccccc1C(=O)O)c1cccs1.O=C(C=Nc1ccccc1C(=O)O)c1cccs1.[Cu]. The first-order chi connectivity index (χ1) is 17.4. The molecule has 0 unspecified atom stereocenters. The van der Waals surface area contributed by atoms with Crippen LogP contribution in [0.25, 0.3) is 0 Å². The number of aliphatic imine (C=N–C) groups is 2. The molecule has 0 spiro atoms. The van der Waals surface area contributed by atoms with Gasteiger partial charge in [-0.15, -0.1) is 22.7 Å². The Morgan fingerprint density at radius 1 is 0.595 bits per heavy atom. The topological polar surface area (TPSA) is 133 Å². The van der Waals surface area contributed by atoms with Crippen LogP contribution in [0.1, 0.15) is 40.1 Å². The fourth-order valence-electron chi connectivity index (χ4n) is 2.76. The minimum Gasteiger partial charge on any atom is -0.478 e. The Morgan fingerprint density at radius 3 is 1.30 bits per heavy atom. The van der Waals surface area contributed by atoms with Gasteiger partial charge in [-0.05, 0) is 47.2 Å². The summed E-state index contributed by atoms with van der Waals surface area (Å²) < 4.78 is 0. The van der Waals surface area contributed by atoms with Crippen LogP contribution in [0.5, 0.6) is 0 Å². The maximum absolute atomic E-state index is 11.7. The van der Waals surface area contributed by atoms with Crippen molar-refractivity contribution in [3.8, 4) is 0 Å². The average Bonchev–Trinajstić information content (AvgIpc) is 3.61. The van der Waals surface area contributed by atoms with Gasteiger partial charge >= 0.3 is 11.9 Å². The fourth-order valence-corrected chi connectivity index (χ4v) is 4.01. The second-order valence-corrected chi connectivity index (χ2v) is 8.74. The normalized spacial score (nSPS) is 10.4. The third-order valence-electron chi connectivity index (χ3n) is 4.44. The third kappa shape index (κ3) is 8.55. The molecule has 0 aliphatic heterocycles. The molecule has 2 N–H and O–H groups in total. The van der Waals surface area contributed by atoms with Gasteiger partial charge in [0.2, 0.25) is 11.6 Å². The Hall–Kier alpha value is -4.02. The van der Waals surface area contributed by atoms with E-state index < -0.39 is 11.9 Å². The standard InChI is InChI=1S/2C13H9NO3S.Cu/c2*15-11(12-6-3-7-18-12)8-14-10-5-2-1-4-9(10)13(16)17;/h2*1-8H,(H,16,17);. The van der Waals surface area contributed by atoms with Crippen molar-refractivity contribution < 1.29 is 46.5 Å². The van der Waals surface area contributed by atoms with E-state index in [1.54, 1.807) is 71.4 Å². The van der Waals surface area contributed by atoms with E-state index in [1.165, 1.54) is 34.8 Å². The molecule has 1 radical (unpaired) electrons. The van der Waals surface area contributed by atoms with Crippen LogP contribution >= 0.6 is 22.7 Å². The first kappa shape index (κ1) is 29.2. The maximum Gasteiger partial charge on any atom is 0.337 e. The number of ketones is 2. The smallest absolute Gasteiger partial charge is 0.337 e. The number of hydrogen-bond acceptors (Lipinski definition) is 8. The summed E-state index contributed by atoms with van der Waals surface area (Å²) in [4.78, 5) is 54.2. The van der Waals surface area contributed by atoms with E-state index in [1.807, 2.05) is 0 Å². The predicted octanol–water partition coefficient (Wildman–Crippen LogP) is 6.06. The van der Waals surface area contributed by atoms with Crippen molar-refractivity contribution in [3.05, 3.63) is 104 Å². The zero-order valence-corrected chi connectivity index (χ0v) is 21.4. The molecule has 0 aliphatic carbocycles. The van der Waals surface area contributed by atoms with Crippen LogP contribution in [0.3, 0.4) is 0 Å². The summed E-state index contributed by atoms with van der Waals surface area (Å²) in [7, 11) is 0. The molecule has 2 aromatic carbocycles. The summed E-state index contributed by atoms with van der Waals surface area (Å²) in [5, 5.41) is 21.5. The van der Waals surface area contributed by atoms with Gasteiger partial charge in [0.1, 0.15) is 0 Å². The van der Waals surface area contributed by atoms with Gasteiger partial charge in [-0.2, -0.15) is 0 Å². The van der Waals surface area contributed by atoms with Crippen LogP contribution in [0.4, 0.5) is 11.4 Å². The number of nitrogens with zero attached hydrogens (tertiary/aromatic N) is 2. The minimum absolute atomic E-state index is 0. The van der Waals surface area contributed by atoms with Crippen LogP contribution < -0.4 is 0 Å². The van der Waals surface area contributed by atoms with Crippen LogP contribution in [0.2, 0.25) is 0 Å². The Kier molecular flexibility index (Phi) is 11.5. The quantitative estimate of drug-likeness (QED) is 0.148. The first-order valence-corrected chi connectivity index (χ1v) is 12.0. The largest absolute Gasteiger partial charge is 0.478 e. The molecule has 2 aromatic heterocycles. The van der Waals surface area contributed by atoms with Gasteiger partial charge in [-0.1, -0.05) is 36.4 Å². The molecule has 4 aromatic rings. The monoisotopic (exact) mass is 581 g/mol. The molecule has 2 heterocycles. The van der Waals surface area contributed by atoms with E-state index >= 15 is 0 Å². The van der Waals surface area contributed by atoms with Gasteiger partial charge in [0.15, 0.2) is 0 Å². The van der Waals surface area contributed by atoms with Crippen molar-refractivity contribution in [3.63, 3.8) is 0 Å². The van der Waals surface area contributed by atoms with Crippen molar-refractivity contribution in [2.75, 3.05) is 0 Å². The number of carbonyl (C=O) groups excluding carboxylic acids is 2. The van der Waals surface area contributed by atoms with Crippen molar-refractivity contribution in [2.24, 2.45) is 9.98 Å². The van der Waals surface area contributed by atoms with Crippen molar-refractivity contribution in [1.29, 1.82) is 0 Å². The molecule has 0 amide bonds. The van der Waals surface area contributed by atoms with E-state index in [9.17, 15) is 19.2 Å². The van der Waals surface area contributed by atoms with Crippen LogP contribution in [0.15, 0.2) is 93.5 Å². The molecule has 0 bridgehead atoms. The van der Waals surface area contributed by atoms with E-state index in [0.717, 1.165) is 12.4 Å². The summed E-state index contributed by atoms with van der Waals surface area (Å²) in [5.41, 5.74) is 0.699. The maximum atomic E-state index is 11.7. The number of para-hydroxylation sites is 2. The van der Waals surface area contributed by atoms with Gasteiger partial charge in [0.05, 0.1) is 44.7 Å². The van der Waals surface area contributed by atoms with E-state index in [2.05, 4.69) is 9.98 Å². The number of carboxylic acids is 2. The molecule has 11 heteroatoms. The summed E-state index contributed by atoms with van der Waals surface area (Å²) in [6, 6.07) is 19.5. The van der Waals surface area contributed by atoms with Gasteiger partial charge in [-0.3, -0.25) is 19.6 Å². The summed E-state index contributed by atoms with van der Waals surface area (Å²) in [6.45, 7) is 0. The predicted molar refractivity (Wildman–Crippen MR) is 140 cm³/mol. The Labute approximate surface area is 230 Å². The first-order valence-electron chi connectivity index (χ1n) is 10.2. The van der Waals surface area contributed by atoms with E-state index in [-0.39, 0.29) is 51.1 Å². The third-order valence-corrected chi connectivity index (χ3v) is 6.21. The molecule has 191 valence electrons. The molecular weight excluding hydrogens is 564 g/mol. The number of Topliss-reactive ketones (excluding diaryl/α,β-unsaturated/α-hetero) is 2. The summed E-state index contributed by atoms with van der Waals surface area (Å²) in [6.07, 6.45) is 2.29. The van der Waals surface area contributed by atoms with Crippen LogP contribution in [-0.4, -0.2) is 46.1 Å². The number of hydrogen-bond donors (Lipinski definition) is 2. The molecule has 0 fully saturated rings.